The van der Waals surface area contributed by atoms with E-state index >= 15 is 0 Å². The van der Waals surface area contributed by atoms with E-state index in [2.05, 4.69) is 20.8 Å². The number of aliphatic hydroxyl groups is 1. The third-order valence-electron chi connectivity index (χ3n) is 4.72. The summed E-state index contributed by atoms with van der Waals surface area (Å²) in [5.41, 5.74) is 0.285. The third kappa shape index (κ3) is 4.99. The number of aliphatic hydroxyl groups excluding tert-OH is 1. The monoisotopic (exact) mass is 240 g/mol. The SMILES string of the molecule is CCCCC1CCC(CO)(CCC(C)C)CC1. The molecular formula is C16H32O. The minimum Gasteiger partial charge on any atom is -0.396 e. The van der Waals surface area contributed by atoms with Crippen LogP contribution in [0.5, 0.6) is 0 Å². The van der Waals surface area contributed by atoms with E-state index in [4.69, 9.17) is 0 Å². The molecular weight excluding hydrogens is 208 g/mol. The normalized spacial score (nSPS) is 29.8. The second kappa shape index (κ2) is 7.41. The first-order valence-corrected chi connectivity index (χ1v) is 7.73. The van der Waals surface area contributed by atoms with E-state index in [9.17, 15) is 5.11 Å². The van der Waals surface area contributed by atoms with E-state index in [1.54, 1.807) is 0 Å². The molecule has 17 heavy (non-hydrogen) atoms. The number of rotatable bonds is 7. The fourth-order valence-electron chi connectivity index (χ4n) is 3.15. The van der Waals surface area contributed by atoms with Gasteiger partial charge in [-0.2, -0.15) is 0 Å². The predicted molar refractivity (Wildman–Crippen MR) is 75.1 cm³/mol. The molecule has 0 unspecified atom stereocenters. The van der Waals surface area contributed by atoms with Crippen LogP contribution in [-0.4, -0.2) is 11.7 Å². The molecule has 1 aliphatic rings. The molecule has 0 atom stereocenters. The topological polar surface area (TPSA) is 20.2 Å². The Labute approximate surface area is 108 Å². The van der Waals surface area contributed by atoms with Crippen LogP contribution in [0.3, 0.4) is 0 Å². The molecule has 0 spiro atoms. The summed E-state index contributed by atoms with van der Waals surface area (Å²) >= 11 is 0. The predicted octanol–water partition coefficient (Wildman–Crippen LogP) is 4.78. The lowest BCUT2D eigenvalue weighted by atomic mass is 9.67. The Hall–Kier alpha value is -0.0400. The number of hydrogen-bond donors (Lipinski definition) is 1. The lowest BCUT2D eigenvalue weighted by Crippen LogP contribution is -2.31. The lowest BCUT2D eigenvalue weighted by Gasteiger charge is -2.39. The second-order valence-electron chi connectivity index (χ2n) is 6.68. The van der Waals surface area contributed by atoms with Gasteiger partial charge in [0.25, 0.3) is 0 Å². The van der Waals surface area contributed by atoms with Crippen molar-refractivity contribution in [3.8, 4) is 0 Å². The molecule has 0 aromatic heterocycles. The molecule has 1 heteroatoms. The third-order valence-corrected chi connectivity index (χ3v) is 4.72. The van der Waals surface area contributed by atoms with E-state index in [0.717, 1.165) is 11.8 Å². The molecule has 0 bridgehead atoms. The molecule has 0 saturated heterocycles. The van der Waals surface area contributed by atoms with E-state index in [1.165, 1.54) is 57.8 Å². The smallest absolute Gasteiger partial charge is 0.0487 e. The highest BCUT2D eigenvalue weighted by Gasteiger charge is 2.34. The summed E-state index contributed by atoms with van der Waals surface area (Å²) < 4.78 is 0. The molecule has 1 aliphatic carbocycles. The highest BCUT2D eigenvalue weighted by atomic mass is 16.3. The fraction of sp³-hybridized carbons (Fsp3) is 1.00. The van der Waals surface area contributed by atoms with Gasteiger partial charge < -0.3 is 5.11 Å². The summed E-state index contributed by atoms with van der Waals surface area (Å²) in [6, 6.07) is 0. The van der Waals surface area contributed by atoms with Gasteiger partial charge in [0.2, 0.25) is 0 Å². The Balaban J connectivity index is 2.34. The molecule has 1 nitrogen and oxygen atoms in total. The van der Waals surface area contributed by atoms with Crippen molar-refractivity contribution in [2.24, 2.45) is 17.3 Å². The average Bonchev–Trinajstić information content (AvgIpc) is 2.35. The number of hydrogen-bond acceptors (Lipinski definition) is 1. The molecule has 1 N–H and O–H groups in total. The first-order chi connectivity index (χ1) is 8.12. The molecule has 0 aromatic rings. The van der Waals surface area contributed by atoms with Gasteiger partial charge in [-0.3, -0.25) is 0 Å². The van der Waals surface area contributed by atoms with E-state index in [0.29, 0.717) is 6.61 Å². The van der Waals surface area contributed by atoms with E-state index < -0.39 is 0 Å². The second-order valence-corrected chi connectivity index (χ2v) is 6.68. The zero-order valence-corrected chi connectivity index (χ0v) is 12.2. The number of unbranched alkanes of at least 4 members (excludes halogenated alkanes) is 1. The maximum atomic E-state index is 9.72. The van der Waals surface area contributed by atoms with Crippen LogP contribution in [0.2, 0.25) is 0 Å². The Morgan fingerprint density at radius 1 is 1.24 bits per heavy atom. The van der Waals surface area contributed by atoms with Crippen molar-refractivity contribution in [2.45, 2.75) is 78.6 Å². The summed E-state index contributed by atoms with van der Waals surface area (Å²) in [5.74, 6) is 1.73. The summed E-state index contributed by atoms with van der Waals surface area (Å²) in [5, 5.41) is 9.72. The summed E-state index contributed by atoms with van der Waals surface area (Å²) in [6.07, 6.45) is 11.9. The minimum absolute atomic E-state index is 0.285. The van der Waals surface area contributed by atoms with E-state index in [1.807, 2.05) is 0 Å². The van der Waals surface area contributed by atoms with Gasteiger partial charge in [0.1, 0.15) is 0 Å². The highest BCUT2D eigenvalue weighted by Crippen LogP contribution is 2.43. The Morgan fingerprint density at radius 3 is 2.35 bits per heavy atom. The van der Waals surface area contributed by atoms with Gasteiger partial charge in [0.05, 0.1) is 0 Å². The Morgan fingerprint density at radius 2 is 1.88 bits per heavy atom. The maximum Gasteiger partial charge on any atom is 0.0487 e. The van der Waals surface area contributed by atoms with Gasteiger partial charge in [0, 0.05) is 6.61 Å². The molecule has 1 rings (SSSR count). The van der Waals surface area contributed by atoms with Gasteiger partial charge in [-0.25, -0.2) is 0 Å². The zero-order chi connectivity index (χ0) is 12.7. The molecule has 0 heterocycles. The van der Waals surface area contributed by atoms with Crippen molar-refractivity contribution in [2.75, 3.05) is 6.61 Å². The van der Waals surface area contributed by atoms with Crippen molar-refractivity contribution in [1.29, 1.82) is 0 Å². The van der Waals surface area contributed by atoms with Crippen LogP contribution < -0.4 is 0 Å². The van der Waals surface area contributed by atoms with Crippen molar-refractivity contribution >= 4 is 0 Å². The van der Waals surface area contributed by atoms with Crippen molar-refractivity contribution in [3.05, 3.63) is 0 Å². The van der Waals surface area contributed by atoms with Crippen LogP contribution in [0, 0.1) is 17.3 Å². The van der Waals surface area contributed by atoms with Crippen LogP contribution in [0.25, 0.3) is 0 Å². The van der Waals surface area contributed by atoms with Crippen molar-refractivity contribution in [1.82, 2.24) is 0 Å². The zero-order valence-electron chi connectivity index (χ0n) is 12.2. The van der Waals surface area contributed by atoms with Crippen LogP contribution in [0.15, 0.2) is 0 Å². The van der Waals surface area contributed by atoms with Crippen LogP contribution in [0.4, 0.5) is 0 Å². The van der Waals surface area contributed by atoms with Gasteiger partial charge >= 0.3 is 0 Å². The minimum atomic E-state index is 0.285. The summed E-state index contributed by atoms with van der Waals surface area (Å²) in [6.45, 7) is 7.28. The quantitative estimate of drug-likeness (QED) is 0.679. The molecule has 0 aromatic carbocycles. The van der Waals surface area contributed by atoms with Crippen molar-refractivity contribution < 1.29 is 5.11 Å². The molecule has 1 saturated carbocycles. The van der Waals surface area contributed by atoms with Crippen molar-refractivity contribution in [3.63, 3.8) is 0 Å². The largest absolute Gasteiger partial charge is 0.396 e. The molecule has 1 fully saturated rings. The maximum absolute atomic E-state index is 9.72. The van der Waals surface area contributed by atoms with E-state index in [-0.39, 0.29) is 5.41 Å². The molecule has 0 radical (unpaired) electrons. The van der Waals surface area contributed by atoms with Gasteiger partial charge in [-0.05, 0) is 49.4 Å². The summed E-state index contributed by atoms with van der Waals surface area (Å²) in [7, 11) is 0. The fourth-order valence-corrected chi connectivity index (χ4v) is 3.15. The van der Waals surface area contributed by atoms with Crippen LogP contribution in [0.1, 0.15) is 78.6 Å². The molecule has 0 amide bonds. The Kier molecular flexibility index (Phi) is 6.54. The lowest BCUT2D eigenvalue weighted by molar-refractivity contribution is 0.0492. The van der Waals surface area contributed by atoms with Gasteiger partial charge in [-0.1, -0.05) is 46.5 Å². The van der Waals surface area contributed by atoms with Gasteiger partial charge in [-0.15, -0.1) is 0 Å². The van der Waals surface area contributed by atoms with Crippen LogP contribution >= 0.6 is 0 Å². The standard InChI is InChI=1S/C16H32O/c1-4-5-6-15-8-11-16(13-17,12-9-15)10-7-14(2)3/h14-15,17H,4-13H2,1-3H3. The molecule has 0 aliphatic heterocycles. The first-order valence-electron chi connectivity index (χ1n) is 7.73. The van der Waals surface area contributed by atoms with Gasteiger partial charge in [0.15, 0.2) is 0 Å². The summed E-state index contributed by atoms with van der Waals surface area (Å²) in [4.78, 5) is 0. The average molecular weight is 240 g/mol. The van der Waals surface area contributed by atoms with Crippen LogP contribution in [-0.2, 0) is 0 Å². The molecule has 102 valence electrons. The highest BCUT2D eigenvalue weighted by molar-refractivity contribution is 4.85. The first kappa shape index (κ1) is 15.0. The Bertz CT molecular complexity index is 190.